The van der Waals surface area contributed by atoms with Crippen LogP contribution >= 0.6 is 0 Å². The lowest BCUT2D eigenvalue weighted by molar-refractivity contribution is 0.287. The molecule has 0 fully saturated rings. The Morgan fingerprint density at radius 1 is 1.69 bits per heavy atom. The van der Waals surface area contributed by atoms with Gasteiger partial charge in [-0.25, -0.2) is 4.98 Å². The molecule has 0 bridgehead atoms. The van der Waals surface area contributed by atoms with Crippen molar-refractivity contribution in [1.82, 2.24) is 9.97 Å². The van der Waals surface area contributed by atoms with Crippen LogP contribution < -0.4 is 20.8 Å². The predicted molar refractivity (Wildman–Crippen MR) is 46.0 cm³/mol. The van der Waals surface area contributed by atoms with Crippen LogP contribution in [0.25, 0.3) is 0 Å². The average molecular weight is 185 g/mol. The van der Waals surface area contributed by atoms with Crippen molar-refractivity contribution in [2.45, 2.75) is 0 Å². The third kappa shape index (κ3) is 2.19. The van der Waals surface area contributed by atoms with Crippen molar-refractivity contribution in [1.29, 1.82) is 0 Å². The zero-order chi connectivity index (χ0) is 9.68. The second-order valence-corrected chi connectivity index (χ2v) is 2.21. The highest BCUT2D eigenvalue weighted by Gasteiger charge is 2.08. The summed E-state index contributed by atoms with van der Waals surface area (Å²) in [4.78, 5) is 17.3. The van der Waals surface area contributed by atoms with E-state index in [-0.39, 0.29) is 17.2 Å². The molecule has 6 nitrogen and oxygen atoms in total. The molecule has 6 heteroatoms. The molecular formula is C7H11N3O3. The minimum atomic E-state index is -0.371. The highest BCUT2D eigenvalue weighted by molar-refractivity contribution is 5.29. The molecule has 0 atom stereocenters. The molecule has 0 aliphatic carbocycles. The lowest BCUT2D eigenvalue weighted by Gasteiger charge is -2.06. The van der Waals surface area contributed by atoms with Gasteiger partial charge in [-0.05, 0) is 0 Å². The first-order valence-electron chi connectivity index (χ1n) is 3.74. The molecule has 0 radical (unpaired) electrons. The summed E-state index contributed by atoms with van der Waals surface area (Å²) in [5.74, 6) is 0.229. The first-order valence-corrected chi connectivity index (χ1v) is 3.74. The van der Waals surface area contributed by atoms with E-state index in [1.807, 2.05) is 0 Å². The van der Waals surface area contributed by atoms with Crippen LogP contribution in [0, 0.1) is 0 Å². The van der Waals surface area contributed by atoms with Gasteiger partial charge in [0.1, 0.15) is 6.61 Å². The Morgan fingerprint density at radius 3 is 3.08 bits per heavy atom. The van der Waals surface area contributed by atoms with Crippen LogP contribution in [0.4, 0.5) is 0 Å². The summed E-state index contributed by atoms with van der Waals surface area (Å²) in [6.45, 7) is 0.657. The van der Waals surface area contributed by atoms with Gasteiger partial charge in [0, 0.05) is 6.54 Å². The number of aromatic nitrogens is 2. The first-order chi connectivity index (χ1) is 6.29. The lowest BCUT2D eigenvalue weighted by atomic mass is 10.5. The molecule has 0 unspecified atom stereocenters. The van der Waals surface area contributed by atoms with Crippen molar-refractivity contribution in [2.24, 2.45) is 5.73 Å². The number of hydrogen-bond donors (Lipinski definition) is 2. The first kappa shape index (κ1) is 9.53. The zero-order valence-electron chi connectivity index (χ0n) is 7.24. The van der Waals surface area contributed by atoms with Crippen LogP contribution in [0.15, 0.2) is 11.1 Å². The molecule has 0 aliphatic rings. The number of hydrogen-bond acceptors (Lipinski definition) is 5. The standard InChI is InChI=1S/C7H11N3O3/c1-12-5-6(11)9-4-10-7(5)13-3-2-8/h4H,2-3,8H2,1H3,(H,9,10,11). The van der Waals surface area contributed by atoms with Crippen molar-refractivity contribution in [3.05, 3.63) is 16.7 Å². The molecule has 0 aromatic carbocycles. The summed E-state index contributed by atoms with van der Waals surface area (Å²) < 4.78 is 9.88. The Morgan fingerprint density at radius 2 is 2.46 bits per heavy atom. The normalized spacial score (nSPS) is 9.69. The van der Waals surface area contributed by atoms with E-state index in [2.05, 4.69) is 9.97 Å². The van der Waals surface area contributed by atoms with Crippen molar-refractivity contribution in [2.75, 3.05) is 20.3 Å². The molecule has 0 saturated heterocycles. The van der Waals surface area contributed by atoms with E-state index in [0.717, 1.165) is 0 Å². The Hall–Kier alpha value is -1.56. The topological polar surface area (TPSA) is 90.2 Å². The van der Waals surface area contributed by atoms with E-state index in [4.69, 9.17) is 15.2 Å². The van der Waals surface area contributed by atoms with E-state index in [9.17, 15) is 4.79 Å². The van der Waals surface area contributed by atoms with Crippen LogP contribution in [0.1, 0.15) is 0 Å². The quantitative estimate of drug-likeness (QED) is 0.635. The number of aromatic amines is 1. The molecule has 13 heavy (non-hydrogen) atoms. The maximum absolute atomic E-state index is 11.1. The van der Waals surface area contributed by atoms with E-state index < -0.39 is 0 Å². The largest absolute Gasteiger partial charge is 0.487 e. The summed E-state index contributed by atoms with van der Waals surface area (Å²) in [5, 5.41) is 0. The number of H-pyrrole nitrogens is 1. The lowest BCUT2D eigenvalue weighted by Crippen LogP contribution is -2.16. The van der Waals surface area contributed by atoms with Gasteiger partial charge < -0.3 is 20.2 Å². The minimum Gasteiger partial charge on any atom is -0.487 e. The molecule has 72 valence electrons. The molecule has 1 aromatic heterocycles. The zero-order valence-corrected chi connectivity index (χ0v) is 7.24. The molecule has 0 amide bonds. The average Bonchev–Trinajstić information content (AvgIpc) is 2.15. The van der Waals surface area contributed by atoms with Crippen LogP contribution in [0.2, 0.25) is 0 Å². The molecule has 0 saturated carbocycles. The van der Waals surface area contributed by atoms with Gasteiger partial charge >= 0.3 is 0 Å². The fourth-order valence-electron chi connectivity index (χ4n) is 0.809. The van der Waals surface area contributed by atoms with Crippen molar-refractivity contribution >= 4 is 0 Å². The highest BCUT2D eigenvalue weighted by atomic mass is 16.5. The smallest absolute Gasteiger partial charge is 0.297 e. The fourth-order valence-corrected chi connectivity index (χ4v) is 0.809. The Bertz CT molecular complexity index is 323. The number of ether oxygens (including phenoxy) is 2. The Kier molecular flexibility index (Phi) is 3.27. The van der Waals surface area contributed by atoms with E-state index in [1.165, 1.54) is 13.4 Å². The van der Waals surface area contributed by atoms with Crippen LogP contribution in [0.3, 0.4) is 0 Å². The van der Waals surface area contributed by atoms with Crippen LogP contribution in [-0.4, -0.2) is 30.2 Å². The van der Waals surface area contributed by atoms with Crippen molar-refractivity contribution in [3.8, 4) is 11.6 Å². The summed E-state index contributed by atoms with van der Waals surface area (Å²) in [5.41, 5.74) is 4.86. The number of methoxy groups -OCH3 is 1. The number of nitrogens with two attached hydrogens (primary N) is 1. The Labute approximate surface area is 74.7 Å². The van der Waals surface area contributed by atoms with Gasteiger partial charge in [-0.2, -0.15) is 0 Å². The van der Waals surface area contributed by atoms with Crippen molar-refractivity contribution < 1.29 is 9.47 Å². The van der Waals surface area contributed by atoms with Gasteiger partial charge in [0.25, 0.3) is 11.4 Å². The summed E-state index contributed by atoms with van der Waals surface area (Å²) in [6, 6.07) is 0. The summed E-state index contributed by atoms with van der Waals surface area (Å²) in [7, 11) is 1.38. The minimum absolute atomic E-state index is 0.0657. The number of nitrogens with one attached hydrogen (secondary N) is 1. The number of rotatable bonds is 4. The Balaban J connectivity index is 2.92. The summed E-state index contributed by atoms with van der Waals surface area (Å²) in [6.07, 6.45) is 1.25. The van der Waals surface area contributed by atoms with Gasteiger partial charge in [-0.15, -0.1) is 0 Å². The molecular weight excluding hydrogens is 174 g/mol. The van der Waals surface area contributed by atoms with Gasteiger partial charge in [-0.1, -0.05) is 0 Å². The van der Waals surface area contributed by atoms with Crippen LogP contribution in [-0.2, 0) is 0 Å². The molecule has 1 rings (SSSR count). The fraction of sp³-hybridized carbons (Fsp3) is 0.429. The molecule has 0 aliphatic heterocycles. The number of nitrogens with zero attached hydrogens (tertiary/aromatic N) is 1. The predicted octanol–water partition coefficient (Wildman–Crippen LogP) is -0.884. The maximum atomic E-state index is 11.1. The second kappa shape index (κ2) is 4.46. The third-order valence-corrected chi connectivity index (χ3v) is 1.34. The third-order valence-electron chi connectivity index (χ3n) is 1.34. The van der Waals surface area contributed by atoms with Gasteiger partial charge in [0.2, 0.25) is 5.75 Å². The van der Waals surface area contributed by atoms with Gasteiger partial charge in [-0.3, -0.25) is 4.79 Å². The molecule has 3 N–H and O–H groups in total. The maximum Gasteiger partial charge on any atom is 0.297 e. The van der Waals surface area contributed by atoms with Gasteiger partial charge in [0.05, 0.1) is 13.4 Å². The SMILES string of the molecule is COc1c(OCCN)nc[nH]c1=O. The van der Waals surface area contributed by atoms with Crippen molar-refractivity contribution in [3.63, 3.8) is 0 Å². The highest BCUT2D eigenvalue weighted by Crippen LogP contribution is 2.16. The molecule has 0 spiro atoms. The van der Waals surface area contributed by atoms with E-state index >= 15 is 0 Å². The monoisotopic (exact) mass is 185 g/mol. The molecule has 1 aromatic rings. The second-order valence-electron chi connectivity index (χ2n) is 2.21. The summed E-state index contributed by atoms with van der Waals surface area (Å²) >= 11 is 0. The van der Waals surface area contributed by atoms with E-state index in [1.54, 1.807) is 0 Å². The van der Waals surface area contributed by atoms with Gasteiger partial charge in [0.15, 0.2) is 0 Å². The van der Waals surface area contributed by atoms with Crippen LogP contribution in [0.5, 0.6) is 11.6 Å². The van der Waals surface area contributed by atoms with E-state index in [0.29, 0.717) is 13.2 Å². The molecule has 1 heterocycles.